The van der Waals surface area contributed by atoms with Crippen molar-refractivity contribution in [3.05, 3.63) is 76.5 Å². The molecule has 2 aromatic carbocycles. The van der Waals surface area contributed by atoms with Crippen molar-refractivity contribution in [2.75, 3.05) is 0 Å². The number of nitrogens with zero attached hydrogens (tertiary/aromatic N) is 5. The Kier molecular flexibility index (Phi) is 6.94. The van der Waals surface area contributed by atoms with E-state index in [-0.39, 0.29) is 5.69 Å². The van der Waals surface area contributed by atoms with Gasteiger partial charge in [0.25, 0.3) is 0 Å². The normalized spacial score (nSPS) is 11.2. The highest BCUT2D eigenvalue weighted by molar-refractivity contribution is 5.80. The number of imidazole rings is 1. The highest BCUT2D eigenvalue weighted by atomic mass is 16.1. The fraction of sp³-hybridized carbons (Fsp3) is 0.360. The molecule has 0 fully saturated rings. The van der Waals surface area contributed by atoms with Crippen LogP contribution in [-0.2, 0) is 19.5 Å². The van der Waals surface area contributed by atoms with Crippen LogP contribution in [0.3, 0.4) is 0 Å². The molecule has 0 bridgehead atoms. The van der Waals surface area contributed by atoms with Crippen LogP contribution in [0.15, 0.2) is 59.5 Å². The number of benzene rings is 2. The van der Waals surface area contributed by atoms with Gasteiger partial charge < -0.3 is 0 Å². The van der Waals surface area contributed by atoms with Gasteiger partial charge in [0.1, 0.15) is 0 Å². The second-order valence-electron chi connectivity index (χ2n) is 8.06. The van der Waals surface area contributed by atoms with E-state index in [0.29, 0.717) is 18.9 Å². The van der Waals surface area contributed by atoms with Crippen molar-refractivity contribution in [3.63, 3.8) is 0 Å². The van der Waals surface area contributed by atoms with E-state index >= 15 is 0 Å². The summed E-state index contributed by atoms with van der Waals surface area (Å²) in [5.74, 6) is 0.574. The van der Waals surface area contributed by atoms with E-state index in [9.17, 15) is 4.79 Å². The smallest absolute Gasteiger partial charge is 0.299 e. The van der Waals surface area contributed by atoms with Crippen LogP contribution in [0.1, 0.15) is 50.8 Å². The zero-order chi connectivity index (χ0) is 22.3. The second kappa shape index (κ2) is 10.2. The van der Waals surface area contributed by atoms with Gasteiger partial charge in [-0.2, -0.15) is 5.21 Å². The summed E-state index contributed by atoms with van der Waals surface area (Å²) in [7, 11) is 0. The van der Waals surface area contributed by atoms with Gasteiger partial charge in [-0.3, -0.25) is 9.13 Å². The van der Waals surface area contributed by atoms with Crippen molar-refractivity contribution in [2.24, 2.45) is 0 Å². The van der Waals surface area contributed by atoms with Crippen LogP contribution in [0.4, 0.5) is 0 Å². The molecular weight excluding hydrogens is 400 g/mol. The summed E-state index contributed by atoms with van der Waals surface area (Å²) in [6, 6.07) is 16.4. The number of H-pyrrole nitrogens is 1. The third-order valence-corrected chi connectivity index (χ3v) is 5.87. The number of aryl methyl sites for hydroxylation is 2. The van der Waals surface area contributed by atoms with E-state index < -0.39 is 0 Å². The zero-order valence-corrected chi connectivity index (χ0v) is 18.8. The molecule has 0 spiro atoms. The third kappa shape index (κ3) is 4.72. The number of hydrogen-bond donors (Lipinski definition) is 1. The van der Waals surface area contributed by atoms with Crippen LogP contribution < -0.4 is 5.69 Å². The fourth-order valence-electron chi connectivity index (χ4n) is 4.09. The highest BCUT2D eigenvalue weighted by Crippen LogP contribution is 2.29. The first-order chi connectivity index (χ1) is 15.7. The first kappa shape index (κ1) is 21.7. The molecule has 0 saturated carbocycles. The van der Waals surface area contributed by atoms with Gasteiger partial charge in [0, 0.05) is 24.0 Å². The monoisotopic (exact) mass is 430 g/mol. The van der Waals surface area contributed by atoms with E-state index in [1.807, 2.05) is 40.5 Å². The minimum absolute atomic E-state index is 0.0736. The number of nitrogens with one attached hydrogen (secondary N) is 1. The summed E-state index contributed by atoms with van der Waals surface area (Å²) in [4.78, 5) is 12.9. The lowest BCUT2D eigenvalue weighted by Gasteiger charge is -2.10. The maximum absolute atomic E-state index is 12.9. The van der Waals surface area contributed by atoms with Gasteiger partial charge in [0.05, 0.1) is 6.54 Å². The van der Waals surface area contributed by atoms with Gasteiger partial charge in [-0.15, -0.1) is 10.2 Å². The highest BCUT2D eigenvalue weighted by Gasteiger charge is 2.13. The number of unbranched alkanes of at least 4 members (excludes halogenated alkanes) is 3. The van der Waals surface area contributed by atoms with E-state index in [4.69, 9.17) is 0 Å². The molecule has 0 atom stereocenters. The van der Waals surface area contributed by atoms with Gasteiger partial charge in [0.2, 0.25) is 5.82 Å². The predicted octanol–water partition coefficient (Wildman–Crippen LogP) is 4.69. The molecule has 0 unspecified atom stereocenters. The number of hydrogen-bond acceptors (Lipinski definition) is 4. The molecule has 7 nitrogen and oxygen atoms in total. The molecule has 2 heterocycles. The Morgan fingerprint density at radius 1 is 0.938 bits per heavy atom. The summed E-state index contributed by atoms with van der Waals surface area (Å²) in [6.45, 7) is 5.51. The molecule has 4 rings (SSSR count). The van der Waals surface area contributed by atoms with Crippen LogP contribution in [0, 0.1) is 0 Å². The van der Waals surface area contributed by atoms with Gasteiger partial charge in [0.15, 0.2) is 0 Å². The van der Waals surface area contributed by atoms with Crippen LogP contribution in [0.2, 0.25) is 0 Å². The number of tetrazole rings is 1. The molecule has 0 aliphatic carbocycles. The minimum atomic E-state index is 0.0736. The maximum Gasteiger partial charge on any atom is 0.328 e. The van der Waals surface area contributed by atoms with Crippen molar-refractivity contribution in [1.82, 2.24) is 29.8 Å². The van der Waals surface area contributed by atoms with Crippen molar-refractivity contribution < 1.29 is 0 Å². The second-order valence-corrected chi connectivity index (χ2v) is 8.06. The van der Waals surface area contributed by atoms with Gasteiger partial charge >= 0.3 is 5.69 Å². The molecule has 0 amide bonds. The topological polar surface area (TPSA) is 81.4 Å². The van der Waals surface area contributed by atoms with Gasteiger partial charge in [-0.05, 0) is 41.7 Å². The molecule has 0 aliphatic heterocycles. The molecule has 0 aliphatic rings. The van der Waals surface area contributed by atoms with Gasteiger partial charge in [-0.25, -0.2) is 4.79 Å². The molecule has 0 saturated heterocycles. The predicted molar refractivity (Wildman–Crippen MR) is 126 cm³/mol. The van der Waals surface area contributed by atoms with E-state index in [2.05, 4.69) is 57.9 Å². The van der Waals surface area contributed by atoms with Crippen molar-refractivity contribution in [2.45, 2.75) is 59.0 Å². The maximum atomic E-state index is 12.9. The lowest BCUT2D eigenvalue weighted by atomic mass is 9.98. The fourth-order valence-corrected chi connectivity index (χ4v) is 4.09. The Hall–Kier alpha value is -3.48. The van der Waals surface area contributed by atoms with E-state index in [1.54, 1.807) is 0 Å². The summed E-state index contributed by atoms with van der Waals surface area (Å²) >= 11 is 0. The first-order valence-corrected chi connectivity index (χ1v) is 11.4. The molecule has 2 aromatic heterocycles. The molecule has 4 aromatic rings. The third-order valence-electron chi connectivity index (χ3n) is 5.87. The molecule has 166 valence electrons. The van der Waals surface area contributed by atoms with Crippen molar-refractivity contribution in [1.29, 1.82) is 0 Å². The Morgan fingerprint density at radius 3 is 2.41 bits per heavy atom. The summed E-state index contributed by atoms with van der Waals surface area (Å²) in [5.41, 5.74) is 5.36. The number of rotatable bonds is 10. The largest absolute Gasteiger partial charge is 0.328 e. The van der Waals surface area contributed by atoms with E-state index in [1.165, 1.54) is 19.3 Å². The first-order valence-electron chi connectivity index (χ1n) is 11.4. The van der Waals surface area contributed by atoms with Crippen molar-refractivity contribution in [3.8, 4) is 22.5 Å². The molecule has 7 heteroatoms. The average Bonchev–Trinajstić information content (AvgIpc) is 3.46. The van der Waals surface area contributed by atoms with Crippen LogP contribution in [-0.4, -0.2) is 29.8 Å². The summed E-state index contributed by atoms with van der Waals surface area (Å²) < 4.78 is 3.74. The number of aromatic nitrogens is 6. The van der Waals surface area contributed by atoms with Gasteiger partial charge in [-0.1, -0.05) is 74.7 Å². The number of aromatic amines is 1. The summed E-state index contributed by atoms with van der Waals surface area (Å²) in [5, 5.41) is 14.4. The molecule has 0 radical (unpaired) electrons. The Bertz CT molecular complexity index is 1190. The summed E-state index contributed by atoms with van der Waals surface area (Å²) in [6.07, 6.45) is 7.75. The lowest BCUT2D eigenvalue weighted by molar-refractivity contribution is 0.624. The molecular formula is C25H30N6O. The minimum Gasteiger partial charge on any atom is -0.299 e. The standard InChI is InChI=1S/C25H30N6O/c1-3-5-6-7-10-21-18-30(4-2)25(32)31(21)17-19-13-15-20(16-14-19)22-11-8-9-12-23(22)24-26-28-29-27-24/h8-9,11-16,18H,3-7,10,17H2,1-2H3,(H,26,27,28,29). The van der Waals surface area contributed by atoms with Crippen molar-refractivity contribution >= 4 is 0 Å². The quantitative estimate of drug-likeness (QED) is 0.370. The zero-order valence-electron chi connectivity index (χ0n) is 18.8. The SMILES string of the molecule is CCCCCCc1cn(CC)c(=O)n1Cc1ccc(-c2ccccc2-c2nn[nH]n2)cc1. The molecule has 1 N–H and O–H groups in total. The van der Waals surface area contributed by atoms with Crippen LogP contribution in [0.5, 0.6) is 0 Å². The van der Waals surface area contributed by atoms with E-state index in [0.717, 1.165) is 40.8 Å². The van der Waals surface area contributed by atoms with Crippen LogP contribution >= 0.6 is 0 Å². The lowest BCUT2D eigenvalue weighted by Crippen LogP contribution is -2.25. The Labute approximate surface area is 188 Å². The van der Waals surface area contributed by atoms with Crippen LogP contribution in [0.25, 0.3) is 22.5 Å². The molecule has 32 heavy (non-hydrogen) atoms. The Morgan fingerprint density at radius 2 is 1.72 bits per heavy atom. The average molecular weight is 431 g/mol. The Balaban J connectivity index is 1.57.